The molecule has 1 atom stereocenters. The molecular formula is C19H18F3N3O3S. The average molecular weight is 425 g/mol. The number of nitrogens with zero attached hydrogens (tertiary/aromatic N) is 2. The van der Waals surface area contributed by atoms with Crippen LogP contribution < -0.4 is 9.62 Å². The number of alkyl halides is 3. The quantitative estimate of drug-likeness (QED) is 0.766. The van der Waals surface area contributed by atoms with Crippen molar-refractivity contribution in [1.82, 2.24) is 0 Å². The molecule has 2 aromatic rings. The van der Waals surface area contributed by atoms with Gasteiger partial charge in [0, 0.05) is 5.69 Å². The van der Waals surface area contributed by atoms with Gasteiger partial charge in [-0.3, -0.25) is 9.10 Å². The number of carbonyl (C=O) groups is 1. The topological polar surface area (TPSA) is 90.3 Å². The maximum absolute atomic E-state index is 13.0. The summed E-state index contributed by atoms with van der Waals surface area (Å²) in [6.07, 6.45) is -3.65. The minimum atomic E-state index is -4.66. The molecule has 1 amide bonds. The van der Waals surface area contributed by atoms with Gasteiger partial charge in [-0.25, -0.2) is 8.42 Å². The summed E-state index contributed by atoms with van der Waals surface area (Å²) in [5.41, 5.74) is -0.194. The van der Waals surface area contributed by atoms with Crippen molar-refractivity contribution in [3.63, 3.8) is 0 Å². The van der Waals surface area contributed by atoms with Crippen molar-refractivity contribution in [2.45, 2.75) is 25.6 Å². The zero-order valence-electron chi connectivity index (χ0n) is 15.6. The Labute approximate surface area is 166 Å². The molecule has 29 heavy (non-hydrogen) atoms. The molecule has 10 heteroatoms. The molecular weight excluding hydrogens is 407 g/mol. The van der Waals surface area contributed by atoms with Gasteiger partial charge in [0.05, 0.1) is 30.0 Å². The number of nitrogens with one attached hydrogen (secondary N) is 1. The van der Waals surface area contributed by atoms with Crippen LogP contribution in [-0.2, 0) is 27.4 Å². The molecule has 2 aromatic carbocycles. The van der Waals surface area contributed by atoms with Gasteiger partial charge in [-0.05, 0) is 42.8 Å². The number of benzene rings is 2. The fourth-order valence-corrected chi connectivity index (χ4v) is 3.84. The fraction of sp³-hybridized carbons (Fsp3) is 0.263. The Bertz CT molecular complexity index is 1030. The molecule has 0 fully saturated rings. The van der Waals surface area contributed by atoms with Crippen LogP contribution >= 0.6 is 0 Å². The van der Waals surface area contributed by atoms with Gasteiger partial charge in [-0.2, -0.15) is 18.4 Å². The van der Waals surface area contributed by atoms with Crippen LogP contribution in [0.1, 0.15) is 18.1 Å². The first-order chi connectivity index (χ1) is 13.4. The molecule has 0 radical (unpaired) electrons. The van der Waals surface area contributed by atoms with E-state index in [9.17, 15) is 26.4 Å². The highest BCUT2D eigenvalue weighted by molar-refractivity contribution is 7.92. The lowest BCUT2D eigenvalue weighted by Crippen LogP contribution is -2.45. The largest absolute Gasteiger partial charge is 0.416 e. The molecule has 0 aliphatic rings. The van der Waals surface area contributed by atoms with Crippen molar-refractivity contribution in [1.29, 1.82) is 5.26 Å². The van der Waals surface area contributed by atoms with Crippen molar-refractivity contribution in [2.75, 3.05) is 15.9 Å². The smallest absolute Gasteiger partial charge is 0.324 e. The Hall–Kier alpha value is -3.06. The maximum Gasteiger partial charge on any atom is 0.416 e. The van der Waals surface area contributed by atoms with E-state index in [0.29, 0.717) is 16.1 Å². The molecule has 6 nitrogen and oxygen atoms in total. The van der Waals surface area contributed by atoms with Crippen LogP contribution in [-0.4, -0.2) is 26.6 Å². The SMILES string of the molecule is C[C@@H](C(=O)Nc1ccc(CC#N)cc1)N(c1cccc(C(F)(F)F)c1)S(C)(=O)=O. The van der Waals surface area contributed by atoms with Crippen LogP contribution in [0, 0.1) is 11.3 Å². The van der Waals surface area contributed by atoms with E-state index in [1.165, 1.54) is 13.0 Å². The summed E-state index contributed by atoms with van der Waals surface area (Å²) < 4.78 is 64.1. The molecule has 0 spiro atoms. The minimum Gasteiger partial charge on any atom is -0.324 e. The van der Waals surface area contributed by atoms with Gasteiger partial charge in [0.1, 0.15) is 6.04 Å². The number of sulfonamides is 1. The number of nitriles is 1. The number of hydrogen-bond donors (Lipinski definition) is 1. The highest BCUT2D eigenvalue weighted by Gasteiger charge is 2.34. The molecule has 2 rings (SSSR count). The number of rotatable bonds is 6. The van der Waals surface area contributed by atoms with E-state index in [0.717, 1.165) is 24.0 Å². The average Bonchev–Trinajstić information content (AvgIpc) is 2.62. The fourth-order valence-electron chi connectivity index (χ4n) is 2.67. The third-order valence-corrected chi connectivity index (χ3v) is 5.26. The lowest BCUT2D eigenvalue weighted by atomic mass is 10.1. The van der Waals surface area contributed by atoms with Gasteiger partial charge >= 0.3 is 6.18 Å². The third kappa shape index (κ3) is 5.71. The molecule has 0 aliphatic heterocycles. The molecule has 0 bridgehead atoms. The van der Waals surface area contributed by atoms with Gasteiger partial charge in [0.2, 0.25) is 15.9 Å². The highest BCUT2D eigenvalue weighted by atomic mass is 32.2. The summed E-state index contributed by atoms with van der Waals surface area (Å²) in [4.78, 5) is 12.6. The van der Waals surface area contributed by atoms with Crippen molar-refractivity contribution >= 4 is 27.3 Å². The predicted octanol–water partition coefficient (Wildman–Crippen LogP) is 3.56. The normalized spacial score (nSPS) is 12.7. The van der Waals surface area contributed by atoms with Crippen molar-refractivity contribution in [3.05, 3.63) is 59.7 Å². The zero-order chi connectivity index (χ0) is 21.8. The molecule has 0 saturated heterocycles. The van der Waals surface area contributed by atoms with Gasteiger partial charge in [0.15, 0.2) is 0 Å². The van der Waals surface area contributed by atoms with Crippen molar-refractivity contribution in [3.8, 4) is 6.07 Å². The summed E-state index contributed by atoms with van der Waals surface area (Å²) in [7, 11) is -4.06. The highest BCUT2D eigenvalue weighted by Crippen LogP contribution is 2.33. The van der Waals surface area contributed by atoms with Crippen LogP contribution in [0.3, 0.4) is 0 Å². The van der Waals surface area contributed by atoms with E-state index in [1.54, 1.807) is 24.3 Å². The first kappa shape index (κ1) is 22.2. The van der Waals surface area contributed by atoms with Crippen LogP contribution in [0.4, 0.5) is 24.5 Å². The van der Waals surface area contributed by atoms with E-state index < -0.39 is 33.7 Å². The Morgan fingerprint density at radius 1 is 1.21 bits per heavy atom. The standard InChI is InChI=1S/C19H18F3N3O3S/c1-13(18(26)24-16-8-6-14(7-9-16)10-11-23)25(29(2,27)28)17-5-3-4-15(12-17)19(20,21)22/h3-9,12-13H,10H2,1-2H3,(H,24,26)/t13-/m0/s1. The first-order valence-electron chi connectivity index (χ1n) is 8.37. The molecule has 0 heterocycles. The van der Waals surface area contributed by atoms with Gasteiger partial charge in [-0.1, -0.05) is 18.2 Å². The lowest BCUT2D eigenvalue weighted by Gasteiger charge is -2.28. The Balaban J connectivity index is 2.31. The molecule has 154 valence electrons. The van der Waals surface area contributed by atoms with Crippen molar-refractivity contribution < 1.29 is 26.4 Å². The minimum absolute atomic E-state index is 0.196. The van der Waals surface area contributed by atoms with E-state index in [4.69, 9.17) is 5.26 Å². The Morgan fingerprint density at radius 3 is 2.34 bits per heavy atom. The van der Waals surface area contributed by atoms with Crippen LogP contribution in [0.2, 0.25) is 0 Å². The molecule has 1 N–H and O–H groups in total. The lowest BCUT2D eigenvalue weighted by molar-refractivity contribution is -0.137. The summed E-state index contributed by atoms with van der Waals surface area (Å²) in [6.45, 7) is 1.28. The van der Waals surface area contributed by atoms with Gasteiger partial charge < -0.3 is 5.32 Å². The summed E-state index contributed by atoms with van der Waals surface area (Å²) in [5, 5.41) is 11.2. The van der Waals surface area contributed by atoms with E-state index in [2.05, 4.69) is 5.32 Å². The maximum atomic E-state index is 13.0. The third-order valence-electron chi connectivity index (χ3n) is 4.02. The molecule has 0 unspecified atom stereocenters. The van der Waals surface area contributed by atoms with Gasteiger partial charge in [0.25, 0.3) is 0 Å². The molecule has 0 saturated carbocycles. The second kappa shape index (κ2) is 8.53. The van der Waals surface area contributed by atoms with Gasteiger partial charge in [-0.15, -0.1) is 0 Å². The van der Waals surface area contributed by atoms with Crippen LogP contribution in [0.25, 0.3) is 0 Å². The first-order valence-corrected chi connectivity index (χ1v) is 10.2. The van der Waals surface area contributed by atoms with Crippen LogP contribution in [0.5, 0.6) is 0 Å². The Morgan fingerprint density at radius 2 is 1.83 bits per heavy atom. The monoisotopic (exact) mass is 425 g/mol. The van der Waals surface area contributed by atoms with Crippen LogP contribution in [0.15, 0.2) is 48.5 Å². The van der Waals surface area contributed by atoms with E-state index in [1.807, 2.05) is 6.07 Å². The second-order valence-electron chi connectivity index (χ2n) is 6.30. The number of carbonyl (C=O) groups excluding carboxylic acids is 1. The molecule has 0 aromatic heterocycles. The number of amides is 1. The van der Waals surface area contributed by atoms with E-state index in [-0.39, 0.29) is 12.1 Å². The molecule has 0 aliphatic carbocycles. The summed E-state index contributed by atoms with van der Waals surface area (Å²) in [5.74, 6) is -0.721. The van der Waals surface area contributed by atoms with Crippen molar-refractivity contribution in [2.24, 2.45) is 0 Å². The number of hydrogen-bond acceptors (Lipinski definition) is 4. The summed E-state index contributed by atoms with van der Waals surface area (Å²) in [6, 6.07) is 10.8. The number of anilines is 2. The predicted molar refractivity (Wildman–Crippen MR) is 103 cm³/mol. The summed E-state index contributed by atoms with van der Waals surface area (Å²) >= 11 is 0. The Kier molecular flexibility index (Phi) is 6.54. The zero-order valence-corrected chi connectivity index (χ0v) is 16.4. The second-order valence-corrected chi connectivity index (χ2v) is 8.16. The number of halogens is 3. The van der Waals surface area contributed by atoms with E-state index >= 15 is 0 Å².